The molecule has 0 saturated heterocycles. The molecule has 0 aromatic heterocycles. The second-order valence-electron chi connectivity index (χ2n) is 6.70. The zero-order chi connectivity index (χ0) is 28.1. The van der Waals surface area contributed by atoms with E-state index in [-0.39, 0.29) is 37.5 Å². The lowest BCUT2D eigenvalue weighted by molar-refractivity contribution is -0.141. The summed E-state index contributed by atoms with van der Waals surface area (Å²) in [5, 5.41) is 32.2. The van der Waals surface area contributed by atoms with Gasteiger partial charge in [0.05, 0.1) is 6.42 Å². The van der Waals surface area contributed by atoms with Crippen molar-refractivity contribution in [2.24, 2.45) is 5.73 Å². The molecule has 202 valence electrons. The highest BCUT2D eigenvalue weighted by molar-refractivity contribution is 5.94. The molecule has 0 aliphatic rings. The Balaban J connectivity index is 0. The number of halogens is 1. The fourth-order valence-corrected chi connectivity index (χ4v) is 2.19. The first-order valence-corrected chi connectivity index (χ1v) is 10.9. The van der Waals surface area contributed by atoms with Gasteiger partial charge in [-0.15, -0.1) is 0 Å². The zero-order valence-electron chi connectivity index (χ0n) is 20.1. The lowest BCUT2D eigenvalue weighted by atomic mass is 10.1. The van der Waals surface area contributed by atoms with Gasteiger partial charge in [-0.1, -0.05) is 13.8 Å². The van der Waals surface area contributed by atoms with E-state index in [9.17, 15) is 33.2 Å². The molecule has 0 bridgehead atoms. The van der Waals surface area contributed by atoms with Crippen LogP contribution in [-0.2, 0) is 19.2 Å². The fourth-order valence-electron chi connectivity index (χ4n) is 2.19. The number of hydrogen-bond acceptors (Lipinski definition) is 6. The SMILES string of the molecule is CC.NC(=O)CCCNC(=O)c1ccc(F)cc1.O=C(O)CCNC(=O)NC(CCC(=O)O)C(=O)O. The van der Waals surface area contributed by atoms with Crippen LogP contribution in [0.5, 0.6) is 0 Å². The summed E-state index contributed by atoms with van der Waals surface area (Å²) in [4.78, 5) is 64.2. The predicted octanol–water partition coefficient (Wildman–Crippen LogP) is 0.926. The van der Waals surface area contributed by atoms with Gasteiger partial charge in [-0.3, -0.25) is 19.2 Å². The molecule has 1 rings (SSSR count). The molecule has 1 aromatic carbocycles. The average Bonchev–Trinajstić information content (AvgIpc) is 2.81. The van der Waals surface area contributed by atoms with Gasteiger partial charge in [0.2, 0.25) is 5.91 Å². The summed E-state index contributed by atoms with van der Waals surface area (Å²) in [5.41, 5.74) is 5.33. The summed E-state index contributed by atoms with van der Waals surface area (Å²) in [5.74, 6) is -4.69. The van der Waals surface area contributed by atoms with Gasteiger partial charge in [0.15, 0.2) is 0 Å². The number of carboxylic acid groups (broad SMARTS) is 3. The molecule has 0 spiro atoms. The lowest BCUT2D eigenvalue weighted by Gasteiger charge is -2.13. The second-order valence-corrected chi connectivity index (χ2v) is 6.70. The van der Waals surface area contributed by atoms with Crippen molar-refractivity contribution in [1.29, 1.82) is 0 Å². The van der Waals surface area contributed by atoms with Gasteiger partial charge in [0.1, 0.15) is 11.9 Å². The summed E-state index contributed by atoms with van der Waals surface area (Å²) in [6, 6.07) is 3.06. The minimum Gasteiger partial charge on any atom is -0.481 e. The molecule has 0 saturated carbocycles. The van der Waals surface area contributed by atoms with Gasteiger partial charge in [-0.05, 0) is 37.1 Å². The number of carboxylic acids is 3. The number of nitrogens with two attached hydrogens (primary N) is 1. The molecule has 1 unspecified atom stereocenters. The molecule has 1 aromatic rings. The van der Waals surface area contributed by atoms with Crippen molar-refractivity contribution < 1.29 is 48.5 Å². The number of aliphatic carboxylic acids is 3. The molecular weight excluding hydrogens is 483 g/mol. The molecular formula is C22H33FN4O9. The van der Waals surface area contributed by atoms with Crippen LogP contribution in [0.25, 0.3) is 0 Å². The van der Waals surface area contributed by atoms with E-state index in [1.54, 1.807) is 0 Å². The van der Waals surface area contributed by atoms with Crippen LogP contribution in [0.3, 0.4) is 0 Å². The molecule has 14 heteroatoms. The standard InChI is InChI=1S/C11H13FN2O2.C9H14N2O7.C2H6/c12-9-5-3-8(4-6-9)11(16)14-7-1-2-10(13)15;12-6(13)2-1-5(8(16)17)11-9(18)10-4-3-7(14)15;1-2/h3-6H,1-2,7H2,(H2,13,15)(H,14,16);5H,1-4H2,(H,12,13)(H,14,15)(H,16,17)(H2,10,11,18);1-2H3. The number of benzene rings is 1. The highest BCUT2D eigenvalue weighted by atomic mass is 19.1. The Morgan fingerprint density at radius 2 is 1.42 bits per heavy atom. The van der Waals surface area contributed by atoms with Gasteiger partial charge in [-0.2, -0.15) is 0 Å². The van der Waals surface area contributed by atoms with Gasteiger partial charge in [0, 0.05) is 31.5 Å². The topological polar surface area (TPSA) is 225 Å². The second kappa shape index (κ2) is 20.2. The minimum absolute atomic E-state index is 0.146. The van der Waals surface area contributed by atoms with E-state index in [4.69, 9.17) is 21.1 Å². The molecule has 0 aliphatic carbocycles. The number of urea groups is 1. The number of carbonyl (C=O) groups is 6. The third kappa shape index (κ3) is 19.3. The Labute approximate surface area is 207 Å². The Kier molecular flexibility index (Phi) is 19.0. The summed E-state index contributed by atoms with van der Waals surface area (Å²) in [7, 11) is 0. The highest BCUT2D eigenvalue weighted by Gasteiger charge is 2.20. The summed E-state index contributed by atoms with van der Waals surface area (Å²) in [6.45, 7) is 4.23. The quantitative estimate of drug-likeness (QED) is 0.185. The smallest absolute Gasteiger partial charge is 0.326 e. The van der Waals surface area contributed by atoms with Crippen LogP contribution in [0.1, 0.15) is 56.3 Å². The number of rotatable bonds is 13. The Hall–Kier alpha value is -4.23. The van der Waals surface area contributed by atoms with Crippen LogP contribution in [0.2, 0.25) is 0 Å². The van der Waals surface area contributed by atoms with E-state index in [1.165, 1.54) is 24.3 Å². The van der Waals surface area contributed by atoms with E-state index in [0.717, 1.165) is 0 Å². The van der Waals surface area contributed by atoms with Crippen LogP contribution in [0.15, 0.2) is 24.3 Å². The van der Waals surface area contributed by atoms with Crippen LogP contribution in [-0.4, -0.2) is 70.2 Å². The first-order valence-electron chi connectivity index (χ1n) is 10.9. The molecule has 0 aliphatic heterocycles. The van der Waals surface area contributed by atoms with Crippen molar-refractivity contribution in [3.05, 3.63) is 35.6 Å². The van der Waals surface area contributed by atoms with Gasteiger partial charge >= 0.3 is 23.9 Å². The molecule has 13 nitrogen and oxygen atoms in total. The van der Waals surface area contributed by atoms with Crippen molar-refractivity contribution in [2.45, 2.75) is 52.0 Å². The van der Waals surface area contributed by atoms with Crippen molar-refractivity contribution in [3.63, 3.8) is 0 Å². The first-order chi connectivity index (χ1) is 16.9. The van der Waals surface area contributed by atoms with Gasteiger partial charge in [0.25, 0.3) is 5.91 Å². The fraction of sp³-hybridized carbons (Fsp3) is 0.455. The van der Waals surface area contributed by atoms with Crippen LogP contribution < -0.4 is 21.7 Å². The first kappa shape index (κ1) is 33.9. The third-order valence-corrected chi connectivity index (χ3v) is 3.87. The van der Waals surface area contributed by atoms with Crippen LogP contribution >= 0.6 is 0 Å². The van der Waals surface area contributed by atoms with E-state index < -0.39 is 42.3 Å². The normalized spacial score (nSPS) is 10.2. The van der Waals surface area contributed by atoms with E-state index in [1.807, 2.05) is 19.2 Å². The number of primary amides is 1. The van der Waals surface area contributed by atoms with E-state index in [2.05, 4.69) is 10.6 Å². The van der Waals surface area contributed by atoms with Crippen molar-refractivity contribution >= 4 is 35.8 Å². The maximum Gasteiger partial charge on any atom is 0.326 e. The van der Waals surface area contributed by atoms with Crippen molar-refractivity contribution in [2.75, 3.05) is 13.1 Å². The maximum absolute atomic E-state index is 12.6. The summed E-state index contributed by atoms with van der Waals surface area (Å²) < 4.78 is 12.6. The molecule has 0 fully saturated rings. The molecule has 36 heavy (non-hydrogen) atoms. The third-order valence-electron chi connectivity index (χ3n) is 3.87. The molecule has 8 N–H and O–H groups in total. The Bertz CT molecular complexity index is 864. The minimum atomic E-state index is -1.36. The van der Waals surface area contributed by atoms with Crippen molar-refractivity contribution in [3.8, 4) is 0 Å². The summed E-state index contributed by atoms with van der Waals surface area (Å²) in [6.07, 6.45) is -0.199. The van der Waals surface area contributed by atoms with Crippen LogP contribution in [0, 0.1) is 5.82 Å². The maximum atomic E-state index is 12.6. The predicted molar refractivity (Wildman–Crippen MR) is 126 cm³/mol. The molecule has 0 radical (unpaired) electrons. The van der Waals surface area contributed by atoms with Gasteiger partial charge in [-0.25, -0.2) is 14.0 Å². The number of amides is 4. The van der Waals surface area contributed by atoms with Gasteiger partial charge < -0.3 is 37.0 Å². The zero-order valence-corrected chi connectivity index (χ0v) is 20.1. The van der Waals surface area contributed by atoms with E-state index >= 15 is 0 Å². The van der Waals surface area contributed by atoms with Crippen molar-refractivity contribution in [1.82, 2.24) is 16.0 Å². The highest BCUT2D eigenvalue weighted by Crippen LogP contribution is 2.02. The Morgan fingerprint density at radius 1 is 0.861 bits per heavy atom. The Morgan fingerprint density at radius 3 is 1.89 bits per heavy atom. The van der Waals surface area contributed by atoms with E-state index in [0.29, 0.717) is 18.5 Å². The monoisotopic (exact) mass is 516 g/mol. The summed E-state index contributed by atoms with van der Waals surface area (Å²) >= 11 is 0. The van der Waals surface area contributed by atoms with Crippen LogP contribution in [0.4, 0.5) is 9.18 Å². The number of nitrogens with one attached hydrogen (secondary N) is 3. The molecule has 4 amide bonds. The number of hydrogen-bond donors (Lipinski definition) is 7. The average molecular weight is 517 g/mol. The lowest BCUT2D eigenvalue weighted by Crippen LogP contribution is -2.46. The largest absolute Gasteiger partial charge is 0.481 e. The molecule has 0 heterocycles. The molecule has 1 atom stereocenters. The number of carbonyl (C=O) groups excluding carboxylic acids is 3.